The molecular weight excluding hydrogens is 170 g/mol. The van der Waals surface area contributed by atoms with Crippen LogP contribution in [0.3, 0.4) is 0 Å². The largest absolute Gasteiger partial charge is 0.198 e. The second-order valence-electron chi connectivity index (χ2n) is 4.06. The summed E-state index contributed by atoms with van der Waals surface area (Å²) in [5.74, 6) is 0.758. The summed E-state index contributed by atoms with van der Waals surface area (Å²) in [4.78, 5) is 0. The third-order valence-corrected chi connectivity index (χ3v) is 3.06. The van der Waals surface area contributed by atoms with Gasteiger partial charge < -0.3 is 0 Å². The maximum Gasteiger partial charge on any atom is 0.0669 e. The van der Waals surface area contributed by atoms with Crippen molar-refractivity contribution in [3.8, 4) is 6.07 Å². The van der Waals surface area contributed by atoms with Gasteiger partial charge in [0.05, 0.1) is 12.5 Å². The average molecular weight is 185 g/mol. The minimum atomic E-state index is 0.542. The van der Waals surface area contributed by atoms with Gasteiger partial charge >= 0.3 is 0 Å². The molecule has 72 valence electrons. The Morgan fingerprint density at radius 2 is 2.07 bits per heavy atom. The molecule has 1 nitrogen and oxygen atoms in total. The molecule has 1 heteroatoms. The summed E-state index contributed by atoms with van der Waals surface area (Å²) in [5.41, 5.74) is 2.60. The van der Waals surface area contributed by atoms with Gasteiger partial charge in [-0.1, -0.05) is 37.1 Å². The van der Waals surface area contributed by atoms with E-state index in [1.165, 1.54) is 31.2 Å². The molecule has 0 radical (unpaired) electrons. The Hall–Kier alpha value is -1.29. The standard InChI is InChI=1S/C13H15N/c14-9-8-11-4-3-7-13(10-11)12-5-1-2-6-12/h3-4,7,10,12H,1-2,5-6,8H2. The summed E-state index contributed by atoms with van der Waals surface area (Å²) in [6.07, 6.45) is 5.94. The van der Waals surface area contributed by atoms with E-state index in [0.717, 1.165) is 11.5 Å². The lowest BCUT2D eigenvalue weighted by molar-refractivity contribution is 0.722. The first-order valence-corrected chi connectivity index (χ1v) is 5.36. The molecule has 1 aliphatic rings. The molecule has 0 saturated heterocycles. The first-order chi connectivity index (χ1) is 6.90. The van der Waals surface area contributed by atoms with E-state index in [0.29, 0.717) is 6.42 Å². The molecule has 1 aliphatic carbocycles. The Bertz CT molecular complexity index is 342. The molecule has 0 unspecified atom stereocenters. The Kier molecular flexibility index (Phi) is 2.84. The van der Waals surface area contributed by atoms with E-state index >= 15 is 0 Å². The predicted molar refractivity (Wildman–Crippen MR) is 57.0 cm³/mol. The lowest BCUT2D eigenvalue weighted by Gasteiger charge is -2.09. The maximum atomic E-state index is 8.63. The van der Waals surface area contributed by atoms with Crippen LogP contribution in [-0.4, -0.2) is 0 Å². The predicted octanol–water partition coefficient (Wildman–Crippen LogP) is 3.41. The topological polar surface area (TPSA) is 23.8 Å². The molecule has 0 N–H and O–H groups in total. The SMILES string of the molecule is N#CCc1cccc(C2CCCC2)c1. The number of hydrogen-bond donors (Lipinski definition) is 0. The number of hydrogen-bond acceptors (Lipinski definition) is 1. The summed E-state index contributed by atoms with van der Waals surface area (Å²) < 4.78 is 0. The van der Waals surface area contributed by atoms with Crippen LogP contribution in [0.25, 0.3) is 0 Å². The van der Waals surface area contributed by atoms with Gasteiger partial charge in [-0.3, -0.25) is 0 Å². The van der Waals surface area contributed by atoms with Crippen LogP contribution in [0.4, 0.5) is 0 Å². The van der Waals surface area contributed by atoms with Crippen molar-refractivity contribution in [1.82, 2.24) is 0 Å². The molecule has 1 saturated carbocycles. The van der Waals surface area contributed by atoms with Crippen molar-refractivity contribution in [3.63, 3.8) is 0 Å². The van der Waals surface area contributed by atoms with Gasteiger partial charge in [-0.15, -0.1) is 0 Å². The van der Waals surface area contributed by atoms with Gasteiger partial charge in [0.1, 0.15) is 0 Å². The molecule has 0 bridgehead atoms. The van der Waals surface area contributed by atoms with Crippen LogP contribution in [0.5, 0.6) is 0 Å². The highest BCUT2D eigenvalue weighted by Crippen LogP contribution is 2.34. The van der Waals surface area contributed by atoms with Crippen molar-refractivity contribution in [1.29, 1.82) is 5.26 Å². The van der Waals surface area contributed by atoms with E-state index in [2.05, 4.69) is 24.3 Å². The van der Waals surface area contributed by atoms with Crippen molar-refractivity contribution in [2.24, 2.45) is 0 Å². The third kappa shape index (κ3) is 1.96. The summed E-state index contributed by atoms with van der Waals surface area (Å²) >= 11 is 0. The molecule has 0 atom stereocenters. The number of nitrogens with zero attached hydrogens (tertiary/aromatic N) is 1. The first-order valence-electron chi connectivity index (χ1n) is 5.36. The molecule has 1 aromatic rings. The first kappa shape index (κ1) is 9.27. The second kappa shape index (κ2) is 4.28. The molecule has 2 rings (SSSR count). The van der Waals surface area contributed by atoms with E-state index in [-0.39, 0.29) is 0 Å². The smallest absolute Gasteiger partial charge is 0.0669 e. The van der Waals surface area contributed by atoms with Crippen molar-refractivity contribution in [3.05, 3.63) is 35.4 Å². The second-order valence-corrected chi connectivity index (χ2v) is 4.06. The van der Waals surface area contributed by atoms with Crippen LogP contribution in [0, 0.1) is 11.3 Å². The summed E-state index contributed by atoms with van der Waals surface area (Å²) in [6.45, 7) is 0. The molecule has 0 amide bonds. The van der Waals surface area contributed by atoms with Gasteiger partial charge in [0, 0.05) is 0 Å². The minimum absolute atomic E-state index is 0.542. The van der Waals surface area contributed by atoms with E-state index in [1.807, 2.05) is 6.07 Å². The van der Waals surface area contributed by atoms with Crippen LogP contribution in [-0.2, 0) is 6.42 Å². The van der Waals surface area contributed by atoms with Crippen LogP contribution in [0.1, 0.15) is 42.7 Å². The number of nitriles is 1. The number of benzene rings is 1. The Morgan fingerprint density at radius 1 is 1.29 bits per heavy atom. The normalized spacial score (nSPS) is 16.8. The summed E-state index contributed by atoms with van der Waals surface area (Å²) in [6, 6.07) is 10.7. The molecule has 14 heavy (non-hydrogen) atoms. The Labute approximate surface area is 85.4 Å². The molecule has 1 aromatic carbocycles. The molecule has 0 aliphatic heterocycles. The fourth-order valence-electron chi connectivity index (χ4n) is 2.31. The quantitative estimate of drug-likeness (QED) is 0.692. The third-order valence-electron chi connectivity index (χ3n) is 3.06. The van der Waals surface area contributed by atoms with Crippen LogP contribution < -0.4 is 0 Å². The summed E-state index contributed by atoms with van der Waals surface area (Å²) in [7, 11) is 0. The van der Waals surface area contributed by atoms with E-state index < -0.39 is 0 Å². The van der Waals surface area contributed by atoms with E-state index in [1.54, 1.807) is 0 Å². The number of rotatable bonds is 2. The van der Waals surface area contributed by atoms with Crippen molar-refractivity contribution in [2.45, 2.75) is 38.0 Å². The van der Waals surface area contributed by atoms with Gasteiger partial charge in [0.2, 0.25) is 0 Å². The highest BCUT2D eigenvalue weighted by atomic mass is 14.2. The van der Waals surface area contributed by atoms with Gasteiger partial charge in [-0.25, -0.2) is 0 Å². The molecular formula is C13H15N. The van der Waals surface area contributed by atoms with E-state index in [9.17, 15) is 0 Å². The lowest BCUT2D eigenvalue weighted by Crippen LogP contribution is -1.93. The van der Waals surface area contributed by atoms with Crippen LogP contribution in [0.15, 0.2) is 24.3 Å². The van der Waals surface area contributed by atoms with E-state index in [4.69, 9.17) is 5.26 Å². The van der Waals surface area contributed by atoms with Gasteiger partial charge in [0.15, 0.2) is 0 Å². The zero-order valence-electron chi connectivity index (χ0n) is 8.37. The van der Waals surface area contributed by atoms with Crippen molar-refractivity contribution < 1.29 is 0 Å². The zero-order chi connectivity index (χ0) is 9.80. The molecule has 1 fully saturated rings. The van der Waals surface area contributed by atoms with Gasteiger partial charge in [0.25, 0.3) is 0 Å². The van der Waals surface area contributed by atoms with Crippen LogP contribution in [0.2, 0.25) is 0 Å². The minimum Gasteiger partial charge on any atom is -0.198 e. The Morgan fingerprint density at radius 3 is 2.79 bits per heavy atom. The Balaban J connectivity index is 2.17. The van der Waals surface area contributed by atoms with Gasteiger partial charge in [-0.05, 0) is 29.9 Å². The molecule has 0 heterocycles. The monoisotopic (exact) mass is 185 g/mol. The van der Waals surface area contributed by atoms with Crippen molar-refractivity contribution in [2.75, 3.05) is 0 Å². The van der Waals surface area contributed by atoms with Crippen molar-refractivity contribution >= 4 is 0 Å². The maximum absolute atomic E-state index is 8.63. The zero-order valence-corrected chi connectivity index (χ0v) is 8.37. The highest BCUT2D eigenvalue weighted by Gasteiger charge is 2.16. The fourth-order valence-corrected chi connectivity index (χ4v) is 2.31. The molecule has 0 aromatic heterocycles. The highest BCUT2D eigenvalue weighted by molar-refractivity contribution is 5.28. The van der Waals surface area contributed by atoms with Crippen LogP contribution >= 0.6 is 0 Å². The summed E-state index contributed by atoms with van der Waals surface area (Å²) in [5, 5.41) is 8.63. The average Bonchev–Trinajstić information content (AvgIpc) is 2.71. The fraction of sp³-hybridized carbons (Fsp3) is 0.462. The molecule has 0 spiro atoms. The van der Waals surface area contributed by atoms with Gasteiger partial charge in [-0.2, -0.15) is 5.26 Å². The lowest BCUT2D eigenvalue weighted by atomic mass is 9.95.